The average molecular weight is 303 g/mol. The Morgan fingerprint density at radius 3 is 2.74 bits per heavy atom. The molecule has 4 rings (SSSR count). The normalized spacial score (nSPS) is 19.8. The average Bonchev–Trinajstić information content (AvgIpc) is 3.35. The molecule has 1 atom stereocenters. The van der Waals surface area contributed by atoms with E-state index in [9.17, 15) is 4.79 Å². The molecule has 0 aromatic carbocycles. The van der Waals surface area contributed by atoms with Gasteiger partial charge in [0.15, 0.2) is 5.69 Å². The van der Waals surface area contributed by atoms with E-state index >= 15 is 0 Å². The van der Waals surface area contributed by atoms with Gasteiger partial charge in [-0.3, -0.25) is 4.79 Å². The summed E-state index contributed by atoms with van der Waals surface area (Å²) in [6.45, 7) is 6.90. The lowest BCUT2D eigenvalue weighted by Crippen LogP contribution is -2.27. The Bertz CT molecular complexity index is 843. The lowest BCUT2D eigenvalue weighted by atomic mass is 9.71. The number of carbonyl (C=O) groups excluding carboxylic acids is 1. The number of hydrogen-bond acceptors (Lipinski definition) is 3. The standard InChI is InChI=1S/C20H19N2O/c1-20(2,3)14-6-7-15-13(10-14)11-18-16(21-15)8-9-17(22-18)19(23)12-4-5-12/h4-5,11,14H,6-7,10H2,1-3H3/t14-/m0/s1. The summed E-state index contributed by atoms with van der Waals surface area (Å²) in [5.74, 6) is 0.578. The summed E-state index contributed by atoms with van der Waals surface area (Å²) in [5.41, 5.74) is 5.23. The van der Waals surface area contributed by atoms with Gasteiger partial charge in [0.05, 0.1) is 5.52 Å². The summed E-state index contributed by atoms with van der Waals surface area (Å²) in [4.78, 5) is 21.3. The van der Waals surface area contributed by atoms with E-state index in [1.165, 1.54) is 12.0 Å². The molecule has 3 heteroatoms. The van der Waals surface area contributed by atoms with Gasteiger partial charge in [-0.1, -0.05) is 26.8 Å². The quantitative estimate of drug-likeness (QED) is 0.794. The fourth-order valence-corrected chi connectivity index (χ4v) is 3.27. The van der Waals surface area contributed by atoms with Gasteiger partial charge in [0.2, 0.25) is 5.78 Å². The van der Waals surface area contributed by atoms with Gasteiger partial charge in [-0.15, -0.1) is 0 Å². The first-order chi connectivity index (χ1) is 10.9. The highest BCUT2D eigenvalue weighted by atomic mass is 16.1. The summed E-state index contributed by atoms with van der Waals surface area (Å²) < 4.78 is 0. The zero-order chi connectivity index (χ0) is 16.2. The van der Waals surface area contributed by atoms with Crippen LogP contribution in [0.5, 0.6) is 0 Å². The molecule has 2 aliphatic carbocycles. The monoisotopic (exact) mass is 303 g/mol. The van der Waals surface area contributed by atoms with Gasteiger partial charge in [-0.2, -0.15) is 0 Å². The number of carbonyl (C=O) groups is 1. The second-order valence-electron chi connectivity index (χ2n) is 7.60. The highest BCUT2D eigenvalue weighted by molar-refractivity contribution is 6.13. The van der Waals surface area contributed by atoms with Crippen molar-refractivity contribution in [2.24, 2.45) is 11.3 Å². The number of hydrogen-bond donors (Lipinski definition) is 0. The molecule has 0 N–H and O–H groups in total. The van der Waals surface area contributed by atoms with Crippen LogP contribution in [0, 0.1) is 29.9 Å². The largest absolute Gasteiger partial charge is 0.286 e. The predicted octanol–water partition coefficient (Wildman–Crippen LogP) is 3.71. The lowest BCUT2D eigenvalue weighted by Gasteiger charge is -2.34. The highest BCUT2D eigenvalue weighted by Crippen LogP contribution is 2.37. The molecule has 2 aromatic heterocycles. The van der Waals surface area contributed by atoms with Crippen molar-refractivity contribution in [3.63, 3.8) is 0 Å². The third-order valence-corrected chi connectivity index (χ3v) is 4.93. The van der Waals surface area contributed by atoms with Crippen molar-refractivity contribution in [3.05, 3.63) is 53.2 Å². The van der Waals surface area contributed by atoms with Gasteiger partial charge in [0.1, 0.15) is 5.52 Å². The van der Waals surface area contributed by atoms with Crippen molar-refractivity contribution in [2.45, 2.75) is 40.0 Å². The first-order valence-corrected chi connectivity index (χ1v) is 8.15. The molecule has 2 aromatic rings. The van der Waals surface area contributed by atoms with E-state index in [0.29, 0.717) is 28.1 Å². The van der Waals surface area contributed by atoms with E-state index in [2.05, 4.69) is 44.0 Å². The molecule has 2 aliphatic rings. The first kappa shape index (κ1) is 14.4. The number of rotatable bonds is 2. The van der Waals surface area contributed by atoms with Crippen LogP contribution in [0.2, 0.25) is 0 Å². The Morgan fingerprint density at radius 2 is 2.04 bits per heavy atom. The molecule has 0 aliphatic heterocycles. The maximum Gasteiger partial charge on any atom is 0.216 e. The Balaban J connectivity index is 1.73. The van der Waals surface area contributed by atoms with Crippen LogP contribution >= 0.6 is 0 Å². The smallest absolute Gasteiger partial charge is 0.216 e. The number of nitrogens with zero attached hydrogens (tertiary/aromatic N) is 2. The van der Waals surface area contributed by atoms with E-state index in [0.717, 1.165) is 24.1 Å². The molecule has 0 saturated heterocycles. The van der Waals surface area contributed by atoms with Gasteiger partial charge in [0.25, 0.3) is 0 Å². The predicted molar refractivity (Wildman–Crippen MR) is 88.9 cm³/mol. The minimum atomic E-state index is -0.0755. The van der Waals surface area contributed by atoms with E-state index in [1.54, 1.807) is 12.5 Å². The molecule has 0 amide bonds. The minimum absolute atomic E-state index is 0.0755. The van der Waals surface area contributed by atoms with Gasteiger partial charge < -0.3 is 0 Å². The third-order valence-electron chi connectivity index (χ3n) is 4.93. The van der Waals surface area contributed by atoms with Crippen molar-refractivity contribution in [3.8, 4) is 0 Å². The Hall–Kier alpha value is -2.21. The van der Waals surface area contributed by atoms with Crippen LogP contribution < -0.4 is 0 Å². The molecule has 0 saturated carbocycles. The fraction of sp³-hybridized carbons (Fsp3) is 0.400. The molecule has 23 heavy (non-hydrogen) atoms. The van der Waals surface area contributed by atoms with Crippen molar-refractivity contribution in [1.82, 2.24) is 9.97 Å². The van der Waals surface area contributed by atoms with Gasteiger partial charge in [-0.25, -0.2) is 9.97 Å². The molecule has 0 bridgehead atoms. The number of fused-ring (bicyclic) bond motifs is 2. The molecule has 0 unspecified atom stereocenters. The summed E-state index contributed by atoms with van der Waals surface area (Å²) in [7, 11) is 0. The van der Waals surface area contributed by atoms with Crippen LogP contribution in [-0.4, -0.2) is 15.8 Å². The van der Waals surface area contributed by atoms with E-state index in [-0.39, 0.29) is 5.78 Å². The highest BCUT2D eigenvalue weighted by Gasteiger charge is 2.29. The second kappa shape index (κ2) is 4.89. The van der Waals surface area contributed by atoms with Crippen LogP contribution in [0.3, 0.4) is 0 Å². The van der Waals surface area contributed by atoms with Crippen LogP contribution in [0.4, 0.5) is 0 Å². The van der Waals surface area contributed by atoms with Crippen molar-refractivity contribution in [1.29, 1.82) is 0 Å². The van der Waals surface area contributed by atoms with Crippen molar-refractivity contribution in [2.75, 3.05) is 0 Å². The van der Waals surface area contributed by atoms with Crippen molar-refractivity contribution < 1.29 is 4.79 Å². The third kappa shape index (κ3) is 2.63. The lowest BCUT2D eigenvalue weighted by molar-refractivity contribution is 0.103. The number of aryl methyl sites for hydroxylation is 1. The fourth-order valence-electron chi connectivity index (χ4n) is 3.27. The summed E-state index contributed by atoms with van der Waals surface area (Å²) >= 11 is 0. The Kier molecular flexibility index (Phi) is 3.06. The van der Waals surface area contributed by atoms with Crippen LogP contribution in [-0.2, 0) is 12.8 Å². The molecule has 3 nitrogen and oxygen atoms in total. The first-order valence-electron chi connectivity index (χ1n) is 8.15. The Morgan fingerprint density at radius 1 is 1.26 bits per heavy atom. The number of aromatic nitrogens is 2. The molecular formula is C20H19N2O. The van der Waals surface area contributed by atoms with Crippen LogP contribution in [0.1, 0.15) is 48.9 Å². The molecule has 115 valence electrons. The number of Topliss-reactive ketones (excluding diaryl/α,β-unsaturated/α-hetero) is 1. The summed E-state index contributed by atoms with van der Waals surface area (Å²) in [6.07, 6.45) is 6.79. The molecule has 0 spiro atoms. The zero-order valence-corrected chi connectivity index (χ0v) is 13.7. The molecule has 2 heterocycles. The van der Waals surface area contributed by atoms with E-state index < -0.39 is 0 Å². The second-order valence-corrected chi connectivity index (χ2v) is 7.60. The SMILES string of the molecule is CC(C)(C)[C@H]1CCc2nc3c#cc(C(=O)C4=C[CH]4)nc3cc2C1. The summed E-state index contributed by atoms with van der Waals surface area (Å²) in [5, 5.41) is 0. The molecule has 1 radical (unpaired) electrons. The van der Waals surface area contributed by atoms with Gasteiger partial charge >= 0.3 is 0 Å². The molecule has 0 fully saturated rings. The molecular weight excluding hydrogens is 284 g/mol. The maximum atomic E-state index is 12.1. The maximum absolute atomic E-state index is 12.1. The topological polar surface area (TPSA) is 42.9 Å². The minimum Gasteiger partial charge on any atom is -0.286 e. The number of ketones is 1. The number of pyridine rings is 1. The van der Waals surface area contributed by atoms with Crippen LogP contribution in [0.15, 0.2) is 17.7 Å². The van der Waals surface area contributed by atoms with E-state index in [1.807, 2.05) is 0 Å². The van der Waals surface area contributed by atoms with Gasteiger partial charge in [-0.05, 0) is 54.4 Å². The zero-order valence-electron chi connectivity index (χ0n) is 13.7. The van der Waals surface area contributed by atoms with Crippen molar-refractivity contribution >= 4 is 16.8 Å². The number of allylic oxidation sites excluding steroid dienone is 2. The van der Waals surface area contributed by atoms with E-state index in [4.69, 9.17) is 4.98 Å². The van der Waals surface area contributed by atoms with Gasteiger partial charge in [0, 0.05) is 17.7 Å². The Labute approximate surface area is 136 Å². The van der Waals surface area contributed by atoms with Crippen LogP contribution in [0.25, 0.3) is 11.0 Å². The summed E-state index contributed by atoms with van der Waals surface area (Å²) in [6, 6.07) is 7.98.